The molecule has 0 bridgehead atoms. The molecule has 0 aromatic heterocycles. The third kappa shape index (κ3) is 3.43. The topological polar surface area (TPSA) is 90.4 Å². The van der Waals surface area contributed by atoms with Gasteiger partial charge >= 0.3 is 0 Å². The van der Waals surface area contributed by atoms with Crippen molar-refractivity contribution in [3.8, 4) is 5.75 Å². The number of carbonyl (C=O) groups excluding carboxylic acids is 1. The molecule has 0 saturated heterocycles. The predicted octanol–water partition coefficient (Wildman–Crippen LogP) is 0.310. The van der Waals surface area contributed by atoms with Gasteiger partial charge in [-0.3, -0.25) is 4.79 Å². The summed E-state index contributed by atoms with van der Waals surface area (Å²) < 4.78 is 5.18. The Balaban J connectivity index is 2.73. The van der Waals surface area contributed by atoms with E-state index in [1.807, 2.05) is 24.3 Å². The summed E-state index contributed by atoms with van der Waals surface area (Å²) in [6.45, 7) is 0.334. The molecule has 1 unspecified atom stereocenters. The van der Waals surface area contributed by atoms with E-state index in [-0.39, 0.29) is 18.4 Å². The minimum atomic E-state index is -0.377. The highest BCUT2D eigenvalue weighted by Crippen LogP contribution is 2.23. The fourth-order valence-corrected chi connectivity index (χ4v) is 1.42. The number of hydrogen-bond acceptors (Lipinski definition) is 4. The van der Waals surface area contributed by atoms with Crippen LogP contribution in [0.2, 0.25) is 0 Å². The van der Waals surface area contributed by atoms with Crippen LogP contribution in [0, 0.1) is 0 Å². The van der Waals surface area contributed by atoms with Crippen LogP contribution < -0.4 is 21.5 Å². The molecule has 0 fully saturated rings. The zero-order chi connectivity index (χ0) is 12.0. The van der Waals surface area contributed by atoms with E-state index in [0.717, 1.165) is 5.69 Å². The van der Waals surface area contributed by atoms with E-state index in [9.17, 15) is 4.79 Å². The molecule has 5 heteroatoms. The summed E-state index contributed by atoms with van der Waals surface area (Å²) in [4.78, 5) is 10.8. The van der Waals surface area contributed by atoms with Crippen LogP contribution in [0.25, 0.3) is 0 Å². The molecule has 0 aliphatic carbocycles. The average Bonchev–Trinajstić information content (AvgIpc) is 2.28. The maximum Gasteiger partial charge on any atom is 0.219 e. The highest BCUT2D eigenvalue weighted by Gasteiger charge is 2.11. The maximum absolute atomic E-state index is 10.8. The number of primary amides is 1. The van der Waals surface area contributed by atoms with Crippen molar-refractivity contribution in [1.29, 1.82) is 0 Å². The summed E-state index contributed by atoms with van der Waals surface area (Å²) >= 11 is 0. The Kier molecular flexibility index (Phi) is 4.60. The van der Waals surface area contributed by atoms with Gasteiger partial charge in [-0.2, -0.15) is 0 Å². The number of rotatable bonds is 6. The van der Waals surface area contributed by atoms with Gasteiger partial charge in [-0.05, 0) is 12.1 Å². The van der Waals surface area contributed by atoms with Gasteiger partial charge in [0.1, 0.15) is 5.75 Å². The predicted molar refractivity (Wildman–Crippen MR) is 63.3 cm³/mol. The van der Waals surface area contributed by atoms with E-state index in [1.165, 1.54) is 0 Å². The van der Waals surface area contributed by atoms with Crippen LogP contribution in [0.4, 0.5) is 5.69 Å². The number of carbonyl (C=O) groups is 1. The van der Waals surface area contributed by atoms with Crippen LogP contribution in [0.1, 0.15) is 6.42 Å². The second-order valence-electron chi connectivity index (χ2n) is 3.45. The Morgan fingerprint density at radius 2 is 2.19 bits per heavy atom. The first kappa shape index (κ1) is 12.3. The van der Waals surface area contributed by atoms with E-state index in [2.05, 4.69) is 5.32 Å². The molecular formula is C11H17N3O2. The third-order valence-corrected chi connectivity index (χ3v) is 2.20. The van der Waals surface area contributed by atoms with Crippen molar-refractivity contribution in [3.63, 3.8) is 0 Å². The van der Waals surface area contributed by atoms with Gasteiger partial charge in [0.15, 0.2) is 0 Å². The number of para-hydroxylation sites is 2. The zero-order valence-electron chi connectivity index (χ0n) is 9.27. The maximum atomic E-state index is 10.8. The first-order chi connectivity index (χ1) is 7.67. The van der Waals surface area contributed by atoms with Gasteiger partial charge in [0.05, 0.1) is 12.8 Å². The lowest BCUT2D eigenvalue weighted by Gasteiger charge is -2.18. The summed E-state index contributed by atoms with van der Waals surface area (Å²) in [5.74, 6) is 0.336. The Bertz CT molecular complexity index is 355. The Morgan fingerprint density at radius 1 is 1.50 bits per heavy atom. The molecule has 16 heavy (non-hydrogen) atoms. The minimum absolute atomic E-state index is 0.172. The van der Waals surface area contributed by atoms with Crippen molar-refractivity contribution < 1.29 is 9.53 Å². The highest BCUT2D eigenvalue weighted by atomic mass is 16.5. The van der Waals surface area contributed by atoms with Crippen LogP contribution in [0.15, 0.2) is 24.3 Å². The zero-order valence-corrected chi connectivity index (χ0v) is 9.27. The SMILES string of the molecule is COc1ccccc1NC(CN)CC(N)=O. The van der Waals surface area contributed by atoms with Crippen LogP contribution in [0.5, 0.6) is 5.75 Å². The molecule has 1 amide bonds. The standard InChI is InChI=1S/C11H17N3O2/c1-16-10-5-3-2-4-9(10)14-8(7-12)6-11(13)15/h2-5,8,14H,6-7,12H2,1H3,(H2,13,15). The van der Waals surface area contributed by atoms with Gasteiger partial charge in [0.2, 0.25) is 5.91 Å². The molecule has 0 spiro atoms. The Labute approximate surface area is 94.8 Å². The fourth-order valence-electron chi connectivity index (χ4n) is 1.42. The third-order valence-electron chi connectivity index (χ3n) is 2.20. The van der Waals surface area contributed by atoms with E-state index < -0.39 is 0 Å². The number of amides is 1. The second kappa shape index (κ2) is 5.97. The van der Waals surface area contributed by atoms with Crippen LogP contribution in [0.3, 0.4) is 0 Å². The number of benzene rings is 1. The molecule has 1 rings (SSSR count). The number of nitrogens with two attached hydrogens (primary N) is 2. The number of nitrogens with one attached hydrogen (secondary N) is 1. The van der Waals surface area contributed by atoms with Gasteiger partial charge in [0.25, 0.3) is 0 Å². The molecule has 5 N–H and O–H groups in total. The van der Waals surface area contributed by atoms with Crippen molar-refractivity contribution in [1.82, 2.24) is 0 Å². The molecule has 0 radical (unpaired) electrons. The van der Waals surface area contributed by atoms with Crippen molar-refractivity contribution in [3.05, 3.63) is 24.3 Å². The van der Waals surface area contributed by atoms with Gasteiger partial charge < -0.3 is 21.5 Å². The molecule has 0 aliphatic rings. The lowest BCUT2D eigenvalue weighted by atomic mass is 10.2. The largest absolute Gasteiger partial charge is 0.495 e. The van der Waals surface area contributed by atoms with Crippen molar-refractivity contribution in [2.45, 2.75) is 12.5 Å². The quantitative estimate of drug-likeness (QED) is 0.647. The molecule has 0 heterocycles. The van der Waals surface area contributed by atoms with Gasteiger partial charge in [-0.1, -0.05) is 12.1 Å². The van der Waals surface area contributed by atoms with Crippen LogP contribution in [-0.4, -0.2) is 25.6 Å². The van der Waals surface area contributed by atoms with E-state index in [4.69, 9.17) is 16.2 Å². The first-order valence-corrected chi connectivity index (χ1v) is 5.05. The van der Waals surface area contributed by atoms with E-state index in [0.29, 0.717) is 12.3 Å². The summed E-state index contributed by atoms with van der Waals surface area (Å²) in [7, 11) is 1.59. The Hall–Kier alpha value is -1.75. The first-order valence-electron chi connectivity index (χ1n) is 5.05. The van der Waals surface area contributed by atoms with E-state index >= 15 is 0 Å². The summed E-state index contributed by atoms with van der Waals surface area (Å²) in [5, 5.41) is 3.13. The normalized spacial score (nSPS) is 11.9. The highest BCUT2D eigenvalue weighted by molar-refractivity contribution is 5.75. The second-order valence-corrected chi connectivity index (χ2v) is 3.45. The lowest BCUT2D eigenvalue weighted by Crippen LogP contribution is -2.33. The number of anilines is 1. The van der Waals surface area contributed by atoms with Gasteiger partial charge in [-0.15, -0.1) is 0 Å². The number of ether oxygens (including phenoxy) is 1. The molecule has 0 aliphatic heterocycles. The number of hydrogen-bond donors (Lipinski definition) is 3. The van der Waals surface area contributed by atoms with Crippen LogP contribution in [-0.2, 0) is 4.79 Å². The molecular weight excluding hydrogens is 206 g/mol. The van der Waals surface area contributed by atoms with E-state index in [1.54, 1.807) is 7.11 Å². The Morgan fingerprint density at radius 3 is 2.75 bits per heavy atom. The summed E-state index contributed by atoms with van der Waals surface area (Å²) in [6.07, 6.45) is 0.203. The fraction of sp³-hybridized carbons (Fsp3) is 0.364. The molecule has 1 aromatic rings. The summed E-state index contributed by atoms with van der Waals surface area (Å²) in [5.41, 5.74) is 11.5. The minimum Gasteiger partial charge on any atom is -0.495 e. The monoisotopic (exact) mass is 223 g/mol. The molecule has 1 atom stereocenters. The van der Waals surface area contributed by atoms with Gasteiger partial charge in [0, 0.05) is 19.0 Å². The smallest absolute Gasteiger partial charge is 0.219 e. The lowest BCUT2D eigenvalue weighted by molar-refractivity contribution is -0.118. The van der Waals surface area contributed by atoms with Crippen molar-refractivity contribution in [2.75, 3.05) is 19.0 Å². The molecule has 5 nitrogen and oxygen atoms in total. The van der Waals surface area contributed by atoms with Crippen molar-refractivity contribution >= 4 is 11.6 Å². The number of methoxy groups -OCH3 is 1. The molecule has 88 valence electrons. The van der Waals surface area contributed by atoms with Crippen molar-refractivity contribution in [2.24, 2.45) is 11.5 Å². The summed E-state index contributed by atoms with van der Waals surface area (Å²) in [6, 6.07) is 7.27. The van der Waals surface area contributed by atoms with Gasteiger partial charge in [-0.25, -0.2) is 0 Å². The average molecular weight is 223 g/mol. The molecule has 1 aromatic carbocycles. The molecule has 0 saturated carbocycles. The van der Waals surface area contributed by atoms with Crippen LogP contribution >= 0.6 is 0 Å².